The first-order valence-electron chi connectivity index (χ1n) is 6.01. The monoisotopic (exact) mass is 259 g/mol. The summed E-state index contributed by atoms with van der Waals surface area (Å²) in [7, 11) is 0. The Bertz CT molecular complexity index is 593. The second kappa shape index (κ2) is 5.86. The van der Waals surface area contributed by atoms with Crippen molar-refractivity contribution in [2.75, 3.05) is 0 Å². The van der Waals surface area contributed by atoms with Crippen LogP contribution in [0.2, 0.25) is 0 Å². The zero-order chi connectivity index (χ0) is 13.7. The van der Waals surface area contributed by atoms with Crippen LogP contribution in [0.1, 0.15) is 37.8 Å². The smallest absolute Gasteiger partial charge is 0.243 e. The number of unbranched alkanes of at least 4 members (excludes halogenated alkanes) is 2. The first kappa shape index (κ1) is 12.9. The summed E-state index contributed by atoms with van der Waals surface area (Å²) in [5.41, 5.74) is 0. The maximum atomic E-state index is 12.0. The molecule has 0 atom stereocenters. The molecule has 0 aliphatic carbocycles. The van der Waals surface area contributed by atoms with E-state index >= 15 is 0 Å². The van der Waals surface area contributed by atoms with E-state index in [1.165, 1.54) is 12.7 Å². The molecule has 0 unspecified atom stereocenters. The van der Waals surface area contributed by atoms with Gasteiger partial charge in [0, 0.05) is 6.42 Å². The topological polar surface area (TPSA) is 102 Å². The summed E-state index contributed by atoms with van der Waals surface area (Å²) in [4.78, 5) is 19.7. The average molecular weight is 259 g/mol. The van der Waals surface area contributed by atoms with Gasteiger partial charge in [-0.25, -0.2) is 14.8 Å². The minimum atomic E-state index is -0.566. The lowest BCUT2D eigenvalue weighted by molar-refractivity contribution is 0.237. The minimum Gasteiger partial charge on any atom is -0.243 e. The number of nitriles is 1. The molecule has 98 valence electrons. The van der Waals surface area contributed by atoms with E-state index in [0.29, 0.717) is 12.2 Å². The Balaban J connectivity index is 2.20. The molecule has 0 saturated carbocycles. The third kappa shape index (κ3) is 2.82. The Hall–Kier alpha value is -2.56. The molecule has 0 fully saturated rings. The molecule has 8 nitrogen and oxygen atoms in total. The molecule has 0 aliphatic rings. The largest absolute Gasteiger partial charge is 0.373 e. The van der Waals surface area contributed by atoms with Crippen molar-refractivity contribution in [1.82, 2.24) is 29.5 Å². The Morgan fingerprint density at radius 2 is 2.32 bits per heavy atom. The maximum Gasteiger partial charge on any atom is 0.373 e. The van der Waals surface area contributed by atoms with Crippen LogP contribution in [0.15, 0.2) is 12.7 Å². The van der Waals surface area contributed by atoms with E-state index in [1.54, 1.807) is 0 Å². The molecule has 0 amide bonds. The van der Waals surface area contributed by atoms with Crippen LogP contribution in [0.3, 0.4) is 0 Å². The third-order valence-corrected chi connectivity index (χ3v) is 2.55. The van der Waals surface area contributed by atoms with Crippen LogP contribution in [0.25, 0.3) is 0 Å². The van der Waals surface area contributed by atoms with E-state index in [1.807, 2.05) is 6.07 Å². The summed E-state index contributed by atoms with van der Waals surface area (Å²) >= 11 is 0. The van der Waals surface area contributed by atoms with Crippen LogP contribution in [-0.4, -0.2) is 35.6 Å². The zero-order valence-electron chi connectivity index (χ0n) is 10.5. The van der Waals surface area contributed by atoms with Gasteiger partial charge >= 0.3 is 6.03 Å². The molecule has 0 aromatic carbocycles. The van der Waals surface area contributed by atoms with Gasteiger partial charge < -0.3 is 0 Å². The predicted octanol–water partition coefficient (Wildman–Crippen LogP) is 0.990. The fraction of sp³-hybridized carbons (Fsp3) is 0.455. The normalized spacial score (nSPS) is 10.3. The highest BCUT2D eigenvalue weighted by molar-refractivity contribution is 5.78. The number of nitrogens with zero attached hydrogens (tertiary/aromatic N) is 7. The van der Waals surface area contributed by atoms with Crippen LogP contribution in [0.4, 0.5) is 4.79 Å². The van der Waals surface area contributed by atoms with Crippen LogP contribution < -0.4 is 0 Å². The summed E-state index contributed by atoms with van der Waals surface area (Å²) in [6.07, 6.45) is 6.23. The van der Waals surface area contributed by atoms with Gasteiger partial charge in [0.1, 0.15) is 18.7 Å². The molecule has 2 aromatic heterocycles. The molecule has 2 heterocycles. The van der Waals surface area contributed by atoms with Gasteiger partial charge in [0.05, 0.1) is 0 Å². The van der Waals surface area contributed by atoms with Crippen LogP contribution in [0.5, 0.6) is 0 Å². The quantitative estimate of drug-likeness (QED) is 0.758. The van der Waals surface area contributed by atoms with Crippen LogP contribution >= 0.6 is 0 Å². The lowest BCUT2D eigenvalue weighted by Crippen LogP contribution is -2.22. The van der Waals surface area contributed by atoms with E-state index in [4.69, 9.17) is 5.26 Å². The maximum absolute atomic E-state index is 12.0. The summed E-state index contributed by atoms with van der Waals surface area (Å²) in [6, 6.07) is 1.29. The number of hydrogen-bond acceptors (Lipinski definition) is 6. The Kier molecular flexibility index (Phi) is 3.97. The van der Waals surface area contributed by atoms with Crippen molar-refractivity contribution in [2.24, 2.45) is 0 Å². The molecular formula is C11H13N7O. The Morgan fingerprint density at radius 1 is 1.47 bits per heavy atom. The lowest BCUT2D eigenvalue weighted by atomic mass is 10.2. The van der Waals surface area contributed by atoms with Gasteiger partial charge in [-0.1, -0.05) is 19.8 Å². The molecule has 0 spiro atoms. The van der Waals surface area contributed by atoms with E-state index in [2.05, 4.69) is 27.1 Å². The van der Waals surface area contributed by atoms with Crippen molar-refractivity contribution in [3.05, 3.63) is 24.3 Å². The van der Waals surface area contributed by atoms with Crippen molar-refractivity contribution >= 4 is 6.03 Å². The fourth-order valence-electron chi connectivity index (χ4n) is 1.60. The summed E-state index contributed by atoms with van der Waals surface area (Å²) in [5.74, 6) is 0.463. The van der Waals surface area contributed by atoms with Gasteiger partial charge in [-0.3, -0.25) is 0 Å². The second-order valence-corrected chi connectivity index (χ2v) is 3.95. The van der Waals surface area contributed by atoms with Gasteiger partial charge in [-0.15, -0.1) is 9.78 Å². The molecule has 0 aliphatic heterocycles. The second-order valence-electron chi connectivity index (χ2n) is 3.95. The SMILES string of the molecule is CCCCCc1nc(C#N)n(C(=O)n2cncn2)n1. The van der Waals surface area contributed by atoms with E-state index in [0.717, 1.165) is 28.6 Å². The van der Waals surface area contributed by atoms with Crippen LogP contribution in [0, 0.1) is 11.3 Å². The minimum absolute atomic E-state index is 0.0352. The molecule has 0 bridgehead atoms. The average Bonchev–Trinajstić information content (AvgIpc) is 3.07. The molecule has 2 rings (SSSR count). The first-order chi connectivity index (χ1) is 9.26. The first-order valence-corrected chi connectivity index (χ1v) is 6.01. The van der Waals surface area contributed by atoms with Gasteiger partial charge in [-0.2, -0.15) is 15.0 Å². The van der Waals surface area contributed by atoms with Crippen molar-refractivity contribution < 1.29 is 4.79 Å². The van der Waals surface area contributed by atoms with Crippen molar-refractivity contribution in [3.8, 4) is 6.07 Å². The molecule has 8 heteroatoms. The highest BCUT2D eigenvalue weighted by Crippen LogP contribution is 2.04. The molecule has 2 aromatic rings. The van der Waals surface area contributed by atoms with Gasteiger partial charge in [-0.05, 0) is 6.42 Å². The summed E-state index contributed by atoms with van der Waals surface area (Å²) in [6.45, 7) is 2.10. The predicted molar refractivity (Wildman–Crippen MR) is 64.2 cm³/mol. The molecule has 0 N–H and O–H groups in total. The van der Waals surface area contributed by atoms with Gasteiger partial charge in [0.25, 0.3) is 0 Å². The standard InChI is InChI=1S/C11H13N7O/c1-2-3-4-5-9-15-10(6-12)18(16-9)11(19)17-8-13-7-14-17/h7-8H,2-5H2,1H3. The zero-order valence-corrected chi connectivity index (χ0v) is 10.5. The number of carbonyl (C=O) groups is 1. The number of aromatic nitrogens is 6. The van der Waals surface area contributed by atoms with Crippen molar-refractivity contribution in [1.29, 1.82) is 5.26 Å². The lowest BCUT2D eigenvalue weighted by Gasteiger charge is -1.98. The van der Waals surface area contributed by atoms with E-state index in [9.17, 15) is 4.79 Å². The number of hydrogen-bond donors (Lipinski definition) is 0. The molecule has 19 heavy (non-hydrogen) atoms. The number of aryl methyl sites for hydroxylation is 1. The van der Waals surface area contributed by atoms with Crippen molar-refractivity contribution in [3.63, 3.8) is 0 Å². The van der Waals surface area contributed by atoms with Gasteiger partial charge in [0.2, 0.25) is 5.82 Å². The van der Waals surface area contributed by atoms with E-state index in [-0.39, 0.29) is 5.82 Å². The van der Waals surface area contributed by atoms with Gasteiger partial charge in [0.15, 0.2) is 5.82 Å². The Morgan fingerprint density at radius 3 is 2.95 bits per heavy atom. The summed E-state index contributed by atoms with van der Waals surface area (Å²) < 4.78 is 1.96. The van der Waals surface area contributed by atoms with E-state index < -0.39 is 6.03 Å². The third-order valence-electron chi connectivity index (χ3n) is 2.55. The molecular weight excluding hydrogens is 246 g/mol. The highest BCUT2D eigenvalue weighted by Gasteiger charge is 2.17. The number of carbonyl (C=O) groups excluding carboxylic acids is 1. The fourth-order valence-corrected chi connectivity index (χ4v) is 1.60. The molecule has 0 radical (unpaired) electrons. The summed E-state index contributed by atoms with van der Waals surface area (Å²) in [5, 5.41) is 16.7. The van der Waals surface area contributed by atoms with Crippen LogP contribution in [-0.2, 0) is 6.42 Å². The van der Waals surface area contributed by atoms with Crippen molar-refractivity contribution in [2.45, 2.75) is 32.6 Å². The number of rotatable bonds is 4. The molecule has 0 saturated heterocycles. The highest BCUT2D eigenvalue weighted by atomic mass is 16.2. The Labute approximate surface area is 109 Å².